The summed E-state index contributed by atoms with van der Waals surface area (Å²) in [5, 5.41) is 5.40. The van der Waals surface area contributed by atoms with E-state index in [4.69, 9.17) is 0 Å². The summed E-state index contributed by atoms with van der Waals surface area (Å²) in [5.74, 6) is 6.60. The standard InChI is InChI=1S/C29H27NS2/c1-2-3-4-5-6-7-8-24-19-22-10-13-27-26(28(22)31-24)14-11-23-20-25(32-29(23)27)12-9-21-15-17-30-18-16-21/h10-11,13-20H,2-8H2,1H3. The van der Waals surface area contributed by atoms with Gasteiger partial charge in [0.05, 0.1) is 4.88 Å². The monoisotopic (exact) mass is 453 g/mol. The van der Waals surface area contributed by atoms with E-state index in [1.807, 2.05) is 23.5 Å². The number of hydrogen-bond acceptors (Lipinski definition) is 3. The van der Waals surface area contributed by atoms with E-state index in [2.05, 4.69) is 60.1 Å². The summed E-state index contributed by atoms with van der Waals surface area (Å²) in [4.78, 5) is 6.70. The zero-order chi connectivity index (χ0) is 21.8. The number of fused-ring (bicyclic) bond motifs is 5. The molecule has 5 rings (SSSR count). The number of hydrogen-bond donors (Lipinski definition) is 0. The van der Waals surface area contributed by atoms with Crippen molar-refractivity contribution in [2.75, 3.05) is 0 Å². The van der Waals surface area contributed by atoms with Gasteiger partial charge in [-0.1, -0.05) is 75.1 Å². The molecule has 0 fully saturated rings. The van der Waals surface area contributed by atoms with Crippen LogP contribution in [0.1, 0.15) is 60.8 Å². The van der Waals surface area contributed by atoms with E-state index in [9.17, 15) is 0 Å². The molecule has 32 heavy (non-hydrogen) atoms. The molecule has 2 aromatic carbocycles. The number of unbranched alkanes of at least 4 members (excludes halogenated alkanes) is 5. The lowest BCUT2D eigenvalue weighted by atomic mass is 10.1. The SMILES string of the molecule is CCCCCCCCc1cc2ccc3c(ccc4cc(C#Cc5ccncc5)sc43)c2s1. The van der Waals surface area contributed by atoms with Gasteiger partial charge in [0.1, 0.15) is 0 Å². The highest BCUT2D eigenvalue weighted by atomic mass is 32.1. The van der Waals surface area contributed by atoms with E-state index < -0.39 is 0 Å². The first-order chi connectivity index (χ1) is 15.8. The van der Waals surface area contributed by atoms with Gasteiger partial charge >= 0.3 is 0 Å². The summed E-state index contributed by atoms with van der Waals surface area (Å²) in [5.41, 5.74) is 1.00. The molecule has 3 aromatic heterocycles. The fraction of sp³-hybridized carbons (Fsp3) is 0.276. The van der Waals surface area contributed by atoms with Gasteiger partial charge in [0.15, 0.2) is 0 Å². The molecule has 160 valence electrons. The molecule has 0 saturated heterocycles. The first kappa shape index (κ1) is 21.2. The van der Waals surface area contributed by atoms with Crippen LogP contribution >= 0.6 is 22.7 Å². The minimum Gasteiger partial charge on any atom is -0.265 e. The van der Waals surface area contributed by atoms with Crippen molar-refractivity contribution in [3.05, 3.63) is 76.2 Å². The van der Waals surface area contributed by atoms with Crippen molar-refractivity contribution in [1.29, 1.82) is 0 Å². The highest BCUT2D eigenvalue weighted by molar-refractivity contribution is 7.21. The van der Waals surface area contributed by atoms with Crippen LogP contribution in [0, 0.1) is 11.8 Å². The maximum atomic E-state index is 4.06. The summed E-state index contributed by atoms with van der Waals surface area (Å²) < 4.78 is 2.78. The van der Waals surface area contributed by atoms with Gasteiger partial charge < -0.3 is 0 Å². The minimum atomic E-state index is 1.00. The topological polar surface area (TPSA) is 12.9 Å². The van der Waals surface area contributed by atoms with Crippen molar-refractivity contribution in [3.63, 3.8) is 0 Å². The van der Waals surface area contributed by atoms with Crippen LogP contribution < -0.4 is 0 Å². The predicted molar refractivity (Wildman–Crippen MR) is 142 cm³/mol. The molecule has 0 amide bonds. The quantitative estimate of drug-likeness (QED) is 0.177. The highest BCUT2D eigenvalue weighted by Crippen LogP contribution is 2.39. The molecule has 0 radical (unpaired) electrons. The average molecular weight is 454 g/mol. The van der Waals surface area contributed by atoms with Crippen molar-refractivity contribution in [3.8, 4) is 11.8 Å². The summed E-state index contributed by atoms with van der Waals surface area (Å²) in [6.45, 7) is 2.28. The number of thiophene rings is 2. The molecule has 0 aliphatic rings. The first-order valence-electron chi connectivity index (χ1n) is 11.6. The largest absolute Gasteiger partial charge is 0.265 e. The lowest BCUT2D eigenvalue weighted by molar-refractivity contribution is 0.609. The Morgan fingerprint density at radius 3 is 2.19 bits per heavy atom. The molecular weight excluding hydrogens is 426 g/mol. The Labute approximate surface area is 198 Å². The van der Waals surface area contributed by atoms with E-state index in [0.717, 1.165) is 10.4 Å². The molecule has 0 aliphatic heterocycles. The maximum absolute atomic E-state index is 4.06. The number of pyridine rings is 1. The van der Waals surface area contributed by atoms with Crippen molar-refractivity contribution < 1.29 is 0 Å². The summed E-state index contributed by atoms with van der Waals surface area (Å²) in [6.07, 6.45) is 12.9. The van der Waals surface area contributed by atoms with Crippen LogP contribution in [0.5, 0.6) is 0 Å². The van der Waals surface area contributed by atoms with Gasteiger partial charge in [-0.15, -0.1) is 22.7 Å². The van der Waals surface area contributed by atoms with Gasteiger partial charge in [-0.05, 0) is 47.9 Å². The van der Waals surface area contributed by atoms with Crippen molar-refractivity contribution in [2.24, 2.45) is 0 Å². The molecule has 0 bridgehead atoms. The van der Waals surface area contributed by atoms with Crippen molar-refractivity contribution in [2.45, 2.75) is 51.9 Å². The normalized spacial score (nSPS) is 11.3. The Kier molecular flexibility index (Phi) is 6.53. The summed E-state index contributed by atoms with van der Waals surface area (Å²) in [6, 6.07) is 17.7. The molecule has 3 heterocycles. The number of aromatic nitrogens is 1. The third kappa shape index (κ3) is 4.58. The van der Waals surface area contributed by atoms with Gasteiger partial charge in [0, 0.05) is 43.0 Å². The fourth-order valence-electron chi connectivity index (χ4n) is 4.29. The zero-order valence-electron chi connectivity index (χ0n) is 18.5. The summed E-state index contributed by atoms with van der Waals surface area (Å²) in [7, 11) is 0. The van der Waals surface area contributed by atoms with Crippen molar-refractivity contribution >= 4 is 53.6 Å². The molecule has 0 saturated carbocycles. The van der Waals surface area contributed by atoms with Crippen LogP contribution in [0.2, 0.25) is 0 Å². The number of nitrogens with zero attached hydrogens (tertiary/aromatic N) is 1. The number of benzene rings is 2. The third-order valence-electron chi connectivity index (χ3n) is 6.00. The van der Waals surface area contributed by atoms with E-state index in [0.29, 0.717) is 0 Å². The Balaban J connectivity index is 1.41. The van der Waals surface area contributed by atoms with Crippen LogP contribution in [0.3, 0.4) is 0 Å². The van der Waals surface area contributed by atoms with Gasteiger partial charge in [-0.3, -0.25) is 4.98 Å². The molecule has 3 heteroatoms. The number of rotatable bonds is 7. The lowest BCUT2D eigenvalue weighted by Crippen LogP contribution is -1.82. The second kappa shape index (κ2) is 9.86. The molecule has 5 aromatic rings. The van der Waals surface area contributed by atoms with Crippen LogP contribution in [0.15, 0.2) is 60.9 Å². The summed E-state index contributed by atoms with van der Waals surface area (Å²) >= 11 is 3.79. The first-order valence-corrected chi connectivity index (χ1v) is 13.2. The fourth-order valence-corrected chi connectivity index (χ4v) is 6.56. The molecule has 0 unspecified atom stereocenters. The smallest absolute Gasteiger partial charge is 0.0785 e. The lowest BCUT2D eigenvalue weighted by Gasteiger charge is -2.01. The van der Waals surface area contributed by atoms with E-state index >= 15 is 0 Å². The van der Waals surface area contributed by atoms with Gasteiger partial charge in [-0.2, -0.15) is 0 Å². The minimum absolute atomic E-state index is 1.00. The Morgan fingerprint density at radius 2 is 1.41 bits per heavy atom. The molecule has 0 N–H and O–H groups in total. The van der Waals surface area contributed by atoms with E-state index in [-0.39, 0.29) is 0 Å². The molecule has 0 atom stereocenters. The number of aryl methyl sites for hydroxylation is 1. The Hall–Kier alpha value is -2.67. The molecule has 0 spiro atoms. The second-order valence-corrected chi connectivity index (χ2v) is 10.6. The van der Waals surface area contributed by atoms with Crippen LogP contribution in [0.4, 0.5) is 0 Å². The van der Waals surface area contributed by atoms with Crippen molar-refractivity contribution in [1.82, 2.24) is 4.98 Å². The zero-order valence-corrected chi connectivity index (χ0v) is 20.1. The molecule has 0 aliphatic carbocycles. The van der Waals surface area contributed by atoms with E-state index in [1.165, 1.54) is 80.8 Å². The maximum Gasteiger partial charge on any atom is 0.0785 e. The highest BCUT2D eigenvalue weighted by Gasteiger charge is 2.10. The van der Waals surface area contributed by atoms with Crippen LogP contribution in [0.25, 0.3) is 30.9 Å². The van der Waals surface area contributed by atoms with Gasteiger partial charge in [0.25, 0.3) is 0 Å². The van der Waals surface area contributed by atoms with Crippen LogP contribution in [-0.2, 0) is 6.42 Å². The van der Waals surface area contributed by atoms with Gasteiger partial charge in [-0.25, -0.2) is 0 Å². The Bertz CT molecular complexity index is 1410. The average Bonchev–Trinajstić information content (AvgIpc) is 3.44. The Morgan fingerprint density at radius 1 is 0.719 bits per heavy atom. The third-order valence-corrected chi connectivity index (χ3v) is 8.34. The van der Waals surface area contributed by atoms with Gasteiger partial charge in [0.2, 0.25) is 0 Å². The second-order valence-electron chi connectivity index (χ2n) is 8.39. The van der Waals surface area contributed by atoms with E-state index in [1.54, 1.807) is 23.7 Å². The van der Waals surface area contributed by atoms with Crippen LogP contribution in [-0.4, -0.2) is 4.98 Å². The molecule has 1 nitrogen and oxygen atoms in total. The predicted octanol–water partition coefficient (Wildman–Crippen LogP) is 8.97. The molecular formula is C29H27NS2.